The lowest BCUT2D eigenvalue weighted by atomic mass is 9.98. The van der Waals surface area contributed by atoms with Gasteiger partial charge in [-0.25, -0.2) is 0 Å². The van der Waals surface area contributed by atoms with Gasteiger partial charge in [0.25, 0.3) is 0 Å². The lowest BCUT2D eigenvalue weighted by Gasteiger charge is -2.30. The van der Waals surface area contributed by atoms with E-state index in [0.29, 0.717) is 18.7 Å². The number of nitrogens with one attached hydrogen (secondary N) is 2. The summed E-state index contributed by atoms with van der Waals surface area (Å²) >= 11 is 0. The first-order valence-electron chi connectivity index (χ1n) is 10.4. The zero-order valence-corrected chi connectivity index (χ0v) is 17.9. The Morgan fingerprint density at radius 3 is 2.45 bits per heavy atom. The topological polar surface area (TPSA) is 61.4 Å². The molecule has 3 rings (SSSR count). The van der Waals surface area contributed by atoms with Gasteiger partial charge in [0.15, 0.2) is 0 Å². The molecule has 1 aliphatic heterocycles. The molecule has 2 amide bonds. The molecule has 1 aliphatic rings. The van der Waals surface area contributed by atoms with E-state index < -0.39 is 11.8 Å². The van der Waals surface area contributed by atoms with E-state index in [-0.39, 0.29) is 0 Å². The van der Waals surface area contributed by atoms with Gasteiger partial charge < -0.3 is 15.5 Å². The van der Waals surface area contributed by atoms with E-state index in [1.165, 1.54) is 23.2 Å². The summed E-state index contributed by atoms with van der Waals surface area (Å²) in [7, 11) is 0. The molecule has 0 saturated heterocycles. The van der Waals surface area contributed by atoms with E-state index in [1.54, 1.807) is 0 Å². The van der Waals surface area contributed by atoms with Crippen LogP contribution in [0.5, 0.6) is 0 Å². The van der Waals surface area contributed by atoms with Crippen LogP contribution in [0.3, 0.4) is 0 Å². The molecule has 0 aromatic heterocycles. The molecule has 0 radical (unpaired) electrons. The van der Waals surface area contributed by atoms with Gasteiger partial charge in [-0.3, -0.25) is 9.59 Å². The lowest BCUT2D eigenvalue weighted by Crippen LogP contribution is -2.36. The third kappa shape index (κ3) is 4.97. The quantitative estimate of drug-likeness (QED) is 0.762. The van der Waals surface area contributed by atoms with E-state index >= 15 is 0 Å². The molecule has 0 aliphatic carbocycles. The normalized spacial score (nSPS) is 13.0. The summed E-state index contributed by atoms with van der Waals surface area (Å²) in [5.74, 6) is -1.22. The van der Waals surface area contributed by atoms with Crippen LogP contribution in [0.1, 0.15) is 41.2 Å². The van der Waals surface area contributed by atoms with Crippen molar-refractivity contribution in [1.29, 1.82) is 0 Å². The number of nitrogens with zero attached hydrogens (tertiary/aromatic N) is 1. The fourth-order valence-corrected chi connectivity index (χ4v) is 4.16. The van der Waals surface area contributed by atoms with Crippen molar-refractivity contribution in [2.45, 2.75) is 47.0 Å². The number of rotatable bonds is 5. The second kappa shape index (κ2) is 9.12. The number of anilines is 2. The van der Waals surface area contributed by atoms with Crippen LogP contribution in [0.2, 0.25) is 0 Å². The van der Waals surface area contributed by atoms with Crippen molar-refractivity contribution >= 4 is 23.2 Å². The monoisotopic (exact) mass is 393 g/mol. The number of hydrogen-bond acceptors (Lipinski definition) is 3. The van der Waals surface area contributed by atoms with Crippen LogP contribution in [-0.4, -0.2) is 31.4 Å². The molecule has 0 fully saturated rings. The molecule has 0 saturated carbocycles. The Hall–Kier alpha value is -2.82. The minimum Gasteiger partial charge on any atom is -0.372 e. The Morgan fingerprint density at radius 1 is 1.03 bits per heavy atom. The molecular formula is C24H31N3O2. The highest BCUT2D eigenvalue weighted by Gasteiger charge is 2.17. The first-order chi connectivity index (χ1) is 13.9. The summed E-state index contributed by atoms with van der Waals surface area (Å²) in [5, 5.41) is 5.49. The maximum absolute atomic E-state index is 12.3. The van der Waals surface area contributed by atoms with E-state index in [0.717, 1.165) is 36.2 Å². The molecule has 2 N–H and O–H groups in total. The predicted octanol–water partition coefficient (Wildman–Crippen LogP) is 3.68. The molecule has 2 aromatic rings. The summed E-state index contributed by atoms with van der Waals surface area (Å²) in [6.45, 7) is 10.6. The first-order valence-corrected chi connectivity index (χ1v) is 10.4. The zero-order chi connectivity index (χ0) is 21.0. The number of aryl methyl sites for hydroxylation is 4. The van der Waals surface area contributed by atoms with Gasteiger partial charge >= 0.3 is 11.8 Å². The van der Waals surface area contributed by atoms with Crippen molar-refractivity contribution in [3.8, 4) is 0 Å². The minimum absolute atomic E-state index is 0.439. The van der Waals surface area contributed by atoms with E-state index in [2.05, 4.69) is 40.7 Å². The first kappa shape index (κ1) is 20.9. The third-order valence-electron chi connectivity index (χ3n) is 5.56. The van der Waals surface area contributed by atoms with Crippen molar-refractivity contribution in [2.24, 2.45) is 0 Å². The largest absolute Gasteiger partial charge is 0.372 e. The number of fused-ring (bicyclic) bond motifs is 1. The van der Waals surface area contributed by atoms with E-state index in [4.69, 9.17) is 0 Å². The molecule has 2 aromatic carbocycles. The van der Waals surface area contributed by atoms with Crippen LogP contribution in [-0.2, 0) is 22.4 Å². The summed E-state index contributed by atoms with van der Waals surface area (Å²) < 4.78 is 0. The molecule has 5 heteroatoms. The Bertz CT molecular complexity index is 897. The number of hydrogen-bond donors (Lipinski definition) is 2. The van der Waals surface area contributed by atoms with Gasteiger partial charge in [0, 0.05) is 31.0 Å². The Morgan fingerprint density at radius 2 is 1.76 bits per heavy atom. The van der Waals surface area contributed by atoms with Gasteiger partial charge in [0.2, 0.25) is 0 Å². The second-order valence-corrected chi connectivity index (χ2v) is 7.88. The minimum atomic E-state index is -0.621. The van der Waals surface area contributed by atoms with Crippen molar-refractivity contribution in [3.05, 3.63) is 58.1 Å². The molecule has 0 bridgehead atoms. The Kier molecular flexibility index (Phi) is 6.57. The van der Waals surface area contributed by atoms with Gasteiger partial charge in [-0.1, -0.05) is 29.8 Å². The van der Waals surface area contributed by atoms with Crippen LogP contribution in [0.25, 0.3) is 0 Å². The average molecular weight is 394 g/mol. The summed E-state index contributed by atoms with van der Waals surface area (Å²) in [4.78, 5) is 26.9. The maximum atomic E-state index is 12.3. The summed E-state index contributed by atoms with van der Waals surface area (Å²) in [6, 6.07) is 10.5. The maximum Gasteiger partial charge on any atom is 0.313 e. The van der Waals surface area contributed by atoms with Gasteiger partial charge in [-0.2, -0.15) is 0 Å². The fourth-order valence-electron chi connectivity index (χ4n) is 4.16. The van der Waals surface area contributed by atoms with Gasteiger partial charge in [0.1, 0.15) is 0 Å². The third-order valence-corrected chi connectivity index (χ3v) is 5.56. The van der Waals surface area contributed by atoms with Gasteiger partial charge in [-0.05, 0) is 75.3 Å². The van der Waals surface area contributed by atoms with Gasteiger partial charge in [0.05, 0.1) is 0 Å². The van der Waals surface area contributed by atoms with Crippen LogP contribution >= 0.6 is 0 Å². The van der Waals surface area contributed by atoms with Crippen LogP contribution in [0, 0.1) is 20.8 Å². The highest BCUT2D eigenvalue weighted by molar-refractivity contribution is 6.39. The van der Waals surface area contributed by atoms with E-state index in [1.807, 2.05) is 32.9 Å². The average Bonchev–Trinajstić information content (AvgIpc) is 2.69. The van der Waals surface area contributed by atoms with Crippen molar-refractivity contribution in [3.63, 3.8) is 0 Å². The number of amides is 2. The molecular weight excluding hydrogens is 362 g/mol. The molecule has 154 valence electrons. The van der Waals surface area contributed by atoms with Gasteiger partial charge in [-0.15, -0.1) is 0 Å². The molecule has 0 spiro atoms. The van der Waals surface area contributed by atoms with Crippen molar-refractivity contribution in [2.75, 3.05) is 29.9 Å². The molecule has 0 unspecified atom stereocenters. The Balaban J connectivity index is 1.54. The summed E-state index contributed by atoms with van der Waals surface area (Å²) in [5.41, 5.74) is 7.66. The Labute approximate surface area is 173 Å². The van der Waals surface area contributed by atoms with E-state index in [9.17, 15) is 9.59 Å². The van der Waals surface area contributed by atoms with Crippen molar-refractivity contribution < 1.29 is 9.59 Å². The van der Waals surface area contributed by atoms with Crippen LogP contribution in [0.4, 0.5) is 11.4 Å². The molecule has 0 atom stereocenters. The molecule has 5 nitrogen and oxygen atoms in total. The second-order valence-electron chi connectivity index (χ2n) is 7.88. The number of carbonyl (C=O) groups is 2. The predicted molar refractivity (Wildman–Crippen MR) is 119 cm³/mol. The lowest BCUT2D eigenvalue weighted by molar-refractivity contribution is -0.136. The van der Waals surface area contributed by atoms with Crippen LogP contribution in [0.15, 0.2) is 30.3 Å². The molecule has 29 heavy (non-hydrogen) atoms. The SMILES string of the molecule is CCN1CCCc2cc(CCNC(=O)C(=O)Nc3c(C)cc(C)cc3C)ccc21. The smallest absolute Gasteiger partial charge is 0.313 e. The highest BCUT2D eigenvalue weighted by atomic mass is 16.2. The van der Waals surface area contributed by atoms with Crippen LogP contribution < -0.4 is 15.5 Å². The van der Waals surface area contributed by atoms with Crippen molar-refractivity contribution in [1.82, 2.24) is 5.32 Å². The highest BCUT2D eigenvalue weighted by Crippen LogP contribution is 2.28. The summed E-state index contributed by atoms with van der Waals surface area (Å²) in [6.07, 6.45) is 2.99. The number of benzene rings is 2. The standard InChI is InChI=1S/C24H31N3O2/c1-5-27-12-6-7-20-15-19(8-9-21(20)27)10-11-25-23(28)24(29)26-22-17(3)13-16(2)14-18(22)4/h8-9,13-15H,5-7,10-12H2,1-4H3,(H,25,28)(H,26,29). The fraction of sp³-hybridized carbons (Fsp3) is 0.417. The zero-order valence-electron chi connectivity index (χ0n) is 17.9. The molecule has 1 heterocycles. The number of carbonyl (C=O) groups excluding carboxylic acids is 2.